The van der Waals surface area contributed by atoms with E-state index in [2.05, 4.69) is 31.5 Å². The van der Waals surface area contributed by atoms with Gasteiger partial charge in [0.15, 0.2) is 0 Å². The number of ether oxygens (including phenoxy) is 1. The number of aromatic amines is 1. The molecule has 35 heavy (non-hydrogen) atoms. The quantitative estimate of drug-likeness (QED) is 0.427. The highest BCUT2D eigenvalue weighted by atomic mass is 19.4. The van der Waals surface area contributed by atoms with Crippen molar-refractivity contribution in [1.29, 1.82) is 0 Å². The largest absolute Gasteiger partial charge is 0.490 e. The van der Waals surface area contributed by atoms with Crippen molar-refractivity contribution in [1.82, 2.24) is 25.4 Å². The topological polar surface area (TPSA) is 117 Å². The fourth-order valence-corrected chi connectivity index (χ4v) is 3.83. The summed E-state index contributed by atoms with van der Waals surface area (Å²) in [5.41, 5.74) is 6.17. The summed E-state index contributed by atoms with van der Waals surface area (Å²) in [4.78, 5) is 11.3. The van der Waals surface area contributed by atoms with Crippen LogP contribution in [0, 0.1) is 0 Å². The molecule has 1 atom stereocenters. The molecule has 0 aliphatic carbocycles. The number of carbonyl (C=O) groups is 1. The Bertz CT molecular complexity index is 1290. The van der Waals surface area contributed by atoms with Gasteiger partial charge in [-0.2, -0.15) is 18.3 Å². The predicted molar refractivity (Wildman–Crippen MR) is 117 cm³/mol. The van der Waals surface area contributed by atoms with Crippen molar-refractivity contribution in [2.45, 2.75) is 38.7 Å². The van der Waals surface area contributed by atoms with Crippen molar-refractivity contribution in [2.75, 3.05) is 6.54 Å². The molecular formula is C23H22F3N5O4. The molecule has 0 saturated carbocycles. The van der Waals surface area contributed by atoms with E-state index in [-0.39, 0.29) is 6.10 Å². The molecule has 12 heteroatoms. The normalized spacial score (nSPS) is 14.6. The van der Waals surface area contributed by atoms with Crippen molar-refractivity contribution in [3.63, 3.8) is 0 Å². The number of rotatable bonds is 5. The van der Waals surface area contributed by atoms with Gasteiger partial charge in [0, 0.05) is 37.3 Å². The third-order valence-electron chi connectivity index (χ3n) is 5.49. The van der Waals surface area contributed by atoms with Crippen LogP contribution in [0.1, 0.15) is 35.5 Å². The van der Waals surface area contributed by atoms with Gasteiger partial charge < -0.3 is 9.84 Å². The lowest BCUT2D eigenvalue weighted by Gasteiger charge is -2.27. The molecule has 2 aromatic carbocycles. The molecule has 3 heterocycles. The van der Waals surface area contributed by atoms with Gasteiger partial charge in [0.25, 0.3) is 0 Å². The van der Waals surface area contributed by atoms with Crippen LogP contribution < -0.4 is 4.74 Å². The maximum absolute atomic E-state index is 10.6. The molecule has 4 aromatic rings. The molecule has 5 rings (SSSR count). The number of hydrogen-bond acceptors (Lipinski definition) is 7. The molecule has 0 saturated heterocycles. The second kappa shape index (κ2) is 10.1. The van der Waals surface area contributed by atoms with E-state index in [4.69, 9.17) is 19.3 Å². The zero-order chi connectivity index (χ0) is 25.0. The van der Waals surface area contributed by atoms with Gasteiger partial charge in [-0.05, 0) is 41.0 Å². The van der Waals surface area contributed by atoms with E-state index in [0.29, 0.717) is 0 Å². The number of halogens is 3. The Kier molecular flexibility index (Phi) is 7.01. The summed E-state index contributed by atoms with van der Waals surface area (Å²) in [6, 6.07) is 15.9. The molecule has 1 unspecified atom stereocenters. The van der Waals surface area contributed by atoms with Crippen molar-refractivity contribution < 1.29 is 32.4 Å². The van der Waals surface area contributed by atoms with Gasteiger partial charge in [-0.15, -0.1) is 0 Å². The fourth-order valence-electron chi connectivity index (χ4n) is 3.83. The monoisotopic (exact) mass is 489 g/mol. The van der Waals surface area contributed by atoms with E-state index in [1.54, 1.807) is 0 Å². The summed E-state index contributed by atoms with van der Waals surface area (Å²) < 4.78 is 42.7. The van der Waals surface area contributed by atoms with Crippen LogP contribution in [-0.4, -0.2) is 49.2 Å². The Labute approximate surface area is 197 Å². The Balaban J connectivity index is 0.000000364. The van der Waals surface area contributed by atoms with Gasteiger partial charge >= 0.3 is 12.1 Å². The van der Waals surface area contributed by atoms with Crippen molar-refractivity contribution in [3.8, 4) is 5.75 Å². The number of hydrogen-bond donors (Lipinski definition) is 2. The summed E-state index contributed by atoms with van der Waals surface area (Å²) in [7, 11) is 0. The molecule has 184 valence electrons. The Morgan fingerprint density at radius 1 is 1.20 bits per heavy atom. The molecule has 0 amide bonds. The average molecular weight is 489 g/mol. The number of nitrogens with one attached hydrogen (secondary N) is 1. The van der Waals surface area contributed by atoms with E-state index in [1.165, 1.54) is 11.3 Å². The van der Waals surface area contributed by atoms with Crippen LogP contribution in [-0.2, 0) is 24.3 Å². The molecular weight excluding hydrogens is 467 g/mol. The van der Waals surface area contributed by atoms with Crippen LogP contribution in [0.4, 0.5) is 13.2 Å². The van der Waals surface area contributed by atoms with Crippen LogP contribution in [0.2, 0.25) is 0 Å². The minimum absolute atomic E-state index is 0.120. The molecule has 2 aromatic heterocycles. The summed E-state index contributed by atoms with van der Waals surface area (Å²) in [5.74, 6) is -1.91. The van der Waals surface area contributed by atoms with Gasteiger partial charge in [0.1, 0.15) is 28.6 Å². The molecule has 2 N–H and O–H groups in total. The number of carboxylic acid groups (broad SMARTS) is 1. The SMILES string of the molecule is CC(Oc1ccccc1)c1n[nH]c2c1CN(Cc1cccc3nonc13)CC2.O=C(O)C(F)(F)F. The van der Waals surface area contributed by atoms with E-state index in [1.807, 2.05) is 49.4 Å². The molecule has 0 radical (unpaired) electrons. The smallest absolute Gasteiger partial charge is 0.484 e. The van der Waals surface area contributed by atoms with Gasteiger partial charge in [-0.3, -0.25) is 10.00 Å². The summed E-state index contributed by atoms with van der Waals surface area (Å²) >= 11 is 0. The van der Waals surface area contributed by atoms with Gasteiger partial charge in [-0.1, -0.05) is 30.3 Å². The number of para-hydroxylation sites is 1. The second-order valence-corrected chi connectivity index (χ2v) is 7.95. The lowest BCUT2D eigenvalue weighted by atomic mass is 10.0. The highest BCUT2D eigenvalue weighted by Crippen LogP contribution is 2.29. The summed E-state index contributed by atoms with van der Waals surface area (Å²) in [6.07, 6.45) is -4.27. The zero-order valence-electron chi connectivity index (χ0n) is 18.6. The number of H-pyrrole nitrogens is 1. The van der Waals surface area contributed by atoms with E-state index in [9.17, 15) is 13.2 Å². The number of benzene rings is 2. The standard InChI is InChI=1S/C21H21N5O2.C2HF3O2/c1-14(27-16-7-3-2-4-8-16)20-17-13-26(11-10-18(17)22-23-20)12-15-6-5-9-19-21(15)25-28-24-19;3-2(4,5)1(6)7/h2-9,14H,10-13H2,1H3,(H,22,23);(H,6,7). The number of alkyl halides is 3. The number of aliphatic carboxylic acids is 1. The molecule has 0 spiro atoms. The minimum atomic E-state index is -5.08. The maximum Gasteiger partial charge on any atom is 0.490 e. The first-order chi connectivity index (χ1) is 16.7. The van der Waals surface area contributed by atoms with Crippen molar-refractivity contribution in [3.05, 3.63) is 71.0 Å². The molecule has 0 fully saturated rings. The number of aromatic nitrogens is 4. The highest BCUT2D eigenvalue weighted by Gasteiger charge is 2.38. The lowest BCUT2D eigenvalue weighted by molar-refractivity contribution is -0.192. The van der Waals surface area contributed by atoms with E-state index < -0.39 is 12.1 Å². The average Bonchev–Trinajstić information content (AvgIpc) is 3.47. The molecule has 1 aliphatic rings. The first-order valence-electron chi connectivity index (χ1n) is 10.7. The molecule has 0 bridgehead atoms. The van der Waals surface area contributed by atoms with Crippen LogP contribution in [0.25, 0.3) is 11.0 Å². The summed E-state index contributed by atoms with van der Waals surface area (Å²) in [6.45, 7) is 4.63. The fraction of sp³-hybridized carbons (Fsp3) is 0.304. The first-order valence-corrected chi connectivity index (χ1v) is 10.7. The number of carboxylic acids is 1. The van der Waals surface area contributed by atoms with Crippen LogP contribution in [0.15, 0.2) is 53.2 Å². The summed E-state index contributed by atoms with van der Waals surface area (Å²) in [5, 5.41) is 22.9. The van der Waals surface area contributed by atoms with E-state index >= 15 is 0 Å². The lowest BCUT2D eigenvalue weighted by Crippen LogP contribution is -2.30. The number of fused-ring (bicyclic) bond motifs is 2. The Hall–Kier alpha value is -3.93. The highest BCUT2D eigenvalue weighted by molar-refractivity contribution is 5.76. The predicted octanol–water partition coefficient (Wildman–Crippen LogP) is 4.28. The second-order valence-electron chi connectivity index (χ2n) is 7.95. The first kappa shape index (κ1) is 24.2. The molecule has 1 aliphatic heterocycles. The third kappa shape index (κ3) is 5.77. The van der Waals surface area contributed by atoms with Crippen molar-refractivity contribution >= 4 is 17.0 Å². The maximum atomic E-state index is 10.6. The Morgan fingerprint density at radius 3 is 2.66 bits per heavy atom. The van der Waals surface area contributed by atoms with Crippen LogP contribution >= 0.6 is 0 Å². The number of nitrogens with zero attached hydrogens (tertiary/aromatic N) is 4. The minimum Gasteiger partial charge on any atom is -0.484 e. The van der Waals surface area contributed by atoms with Gasteiger partial charge in [-0.25, -0.2) is 9.42 Å². The van der Waals surface area contributed by atoms with Crippen molar-refractivity contribution in [2.24, 2.45) is 0 Å². The van der Waals surface area contributed by atoms with Crippen LogP contribution in [0.3, 0.4) is 0 Å². The molecule has 9 nitrogen and oxygen atoms in total. The van der Waals surface area contributed by atoms with Crippen LogP contribution in [0.5, 0.6) is 5.75 Å². The zero-order valence-corrected chi connectivity index (χ0v) is 18.6. The van der Waals surface area contributed by atoms with Gasteiger partial charge in [0.2, 0.25) is 0 Å². The van der Waals surface area contributed by atoms with Gasteiger partial charge in [0.05, 0.1) is 0 Å². The Morgan fingerprint density at radius 2 is 1.94 bits per heavy atom. The third-order valence-corrected chi connectivity index (χ3v) is 5.49. The van der Waals surface area contributed by atoms with E-state index in [0.717, 1.165) is 54.1 Å².